The zero-order valence-corrected chi connectivity index (χ0v) is 18.7. The Balaban J connectivity index is 1.38. The molecule has 0 aliphatic carbocycles. The number of rotatable bonds is 7. The second kappa shape index (κ2) is 9.51. The molecule has 0 saturated heterocycles. The number of ketones is 1. The van der Waals surface area contributed by atoms with Gasteiger partial charge in [-0.15, -0.1) is 0 Å². The second-order valence-corrected chi connectivity index (χ2v) is 9.11. The molecule has 33 heavy (non-hydrogen) atoms. The van der Waals surface area contributed by atoms with E-state index in [0.29, 0.717) is 35.3 Å². The summed E-state index contributed by atoms with van der Waals surface area (Å²) < 4.78 is 43.7. The number of fused-ring (bicyclic) bond motifs is 1. The summed E-state index contributed by atoms with van der Waals surface area (Å²) in [6, 6.07) is 16.2. The van der Waals surface area contributed by atoms with Crippen molar-refractivity contribution in [1.82, 2.24) is 0 Å². The molecule has 0 bridgehead atoms. The lowest BCUT2D eigenvalue weighted by atomic mass is 10.1. The van der Waals surface area contributed by atoms with Crippen LogP contribution in [0, 0.1) is 0 Å². The van der Waals surface area contributed by atoms with Crippen molar-refractivity contribution in [2.24, 2.45) is 0 Å². The molecule has 170 valence electrons. The van der Waals surface area contributed by atoms with E-state index in [1.54, 1.807) is 24.3 Å². The van der Waals surface area contributed by atoms with Crippen molar-refractivity contribution in [3.05, 3.63) is 82.9 Å². The van der Waals surface area contributed by atoms with E-state index in [1.807, 2.05) is 0 Å². The zero-order valence-electron chi connectivity index (χ0n) is 17.1. The lowest BCUT2D eigenvalue weighted by molar-refractivity contribution is 0.0475. The van der Waals surface area contributed by atoms with Crippen molar-refractivity contribution in [2.45, 2.75) is 4.90 Å². The first-order chi connectivity index (χ1) is 15.8. The second-order valence-electron chi connectivity index (χ2n) is 6.99. The number of hydrogen-bond donors (Lipinski definition) is 1. The Labute approximate surface area is 195 Å². The number of ether oxygens (including phenoxy) is 3. The predicted molar refractivity (Wildman–Crippen MR) is 121 cm³/mol. The summed E-state index contributed by atoms with van der Waals surface area (Å²) in [5.74, 6) is -0.240. The average molecular weight is 488 g/mol. The molecule has 1 N–H and O–H groups in total. The monoisotopic (exact) mass is 487 g/mol. The smallest absolute Gasteiger partial charge is 0.338 e. The first kappa shape index (κ1) is 22.6. The molecular formula is C23H18ClNO7S. The average Bonchev–Trinajstić information content (AvgIpc) is 2.82. The Morgan fingerprint density at radius 1 is 0.879 bits per heavy atom. The third kappa shape index (κ3) is 5.44. The van der Waals surface area contributed by atoms with Crippen molar-refractivity contribution >= 4 is 39.1 Å². The van der Waals surface area contributed by atoms with Gasteiger partial charge in [0.05, 0.1) is 10.5 Å². The normalized spacial score (nSPS) is 12.6. The molecule has 3 aromatic carbocycles. The summed E-state index contributed by atoms with van der Waals surface area (Å²) in [6.07, 6.45) is 0. The fourth-order valence-electron chi connectivity index (χ4n) is 3.01. The lowest BCUT2D eigenvalue weighted by Gasteiger charge is -2.19. The van der Waals surface area contributed by atoms with Crippen LogP contribution in [-0.4, -0.2) is 40.0 Å². The highest BCUT2D eigenvalue weighted by molar-refractivity contribution is 7.92. The van der Waals surface area contributed by atoms with Crippen LogP contribution in [0.2, 0.25) is 5.02 Å². The minimum absolute atomic E-state index is 0.0101. The van der Waals surface area contributed by atoms with E-state index < -0.39 is 22.6 Å². The van der Waals surface area contributed by atoms with Crippen LogP contribution < -0.4 is 14.2 Å². The summed E-state index contributed by atoms with van der Waals surface area (Å²) in [5, 5.41) is 0.494. The maximum absolute atomic E-state index is 12.7. The third-order valence-electron chi connectivity index (χ3n) is 4.70. The number of nitrogens with one attached hydrogen (secondary N) is 1. The fourth-order valence-corrected chi connectivity index (χ4v) is 4.21. The van der Waals surface area contributed by atoms with Crippen LogP contribution in [0.5, 0.6) is 11.5 Å². The number of carbonyl (C=O) groups excluding carboxylic acids is 2. The Morgan fingerprint density at radius 3 is 2.21 bits per heavy atom. The van der Waals surface area contributed by atoms with Crippen molar-refractivity contribution in [2.75, 3.05) is 24.5 Å². The number of esters is 1. The minimum Gasteiger partial charge on any atom is -0.486 e. The number of sulfonamides is 1. The van der Waals surface area contributed by atoms with E-state index in [2.05, 4.69) is 4.72 Å². The molecule has 10 heteroatoms. The van der Waals surface area contributed by atoms with E-state index >= 15 is 0 Å². The molecule has 0 aromatic heterocycles. The Hall–Kier alpha value is -3.56. The highest BCUT2D eigenvalue weighted by Gasteiger charge is 2.20. The van der Waals surface area contributed by atoms with Crippen LogP contribution in [0.1, 0.15) is 20.7 Å². The van der Waals surface area contributed by atoms with Gasteiger partial charge in [-0.05, 0) is 60.7 Å². The van der Waals surface area contributed by atoms with Gasteiger partial charge in [0.15, 0.2) is 23.9 Å². The molecule has 0 amide bonds. The molecule has 4 rings (SSSR count). The molecule has 8 nitrogen and oxygen atoms in total. The topological polar surface area (TPSA) is 108 Å². The molecular weight excluding hydrogens is 470 g/mol. The van der Waals surface area contributed by atoms with Gasteiger partial charge in [0.2, 0.25) is 0 Å². The molecule has 1 aliphatic heterocycles. The number of anilines is 1. The van der Waals surface area contributed by atoms with Gasteiger partial charge in [-0.25, -0.2) is 13.2 Å². The first-order valence-corrected chi connectivity index (χ1v) is 11.7. The van der Waals surface area contributed by atoms with Crippen LogP contribution in [0.15, 0.2) is 71.6 Å². The van der Waals surface area contributed by atoms with Gasteiger partial charge in [0.25, 0.3) is 10.0 Å². The highest BCUT2D eigenvalue weighted by Crippen LogP contribution is 2.32. The molecule has 0 radical (unpaired) electrons. The van der Waals surface area contributed by atoms with Gasteiger partial charge >= 0.3 is 5.97 Å². The van der Waals surface area contributed by atoms with Gasteiger partial charge in [0, 0.05) is 22.3 Å². The van der Waals surface area contributed by atoms with Crippen LogP contribution in [0.4, 0.5) is 5.69 Å². The number of carbonyl (C=O) groups is 2. The molecule has 0 atom stereocenters. The third-order valence-corrected chi connectivity index (χ3v) is 6.33. The Kier molecular flexibility index (Phi) is 6.52. The van der Waals surface area contributed by atoms with Crippen LogP contribution in [0.25, 0.3) is 0 Å². The Morgan fingerprint density at radius 2 is 1.52 bits per heavy atom. The fraction of sp³-hybridized carbons (Fsp3) is 0.130. The van der Waals surface area contributed by atoms with Crippen molar-refractivity contribution < 1.29 is 32.2 Å². The predicted octanol–water partition coefficient (Wildman–Crippen LogP) is 3.95. The quantitative estimate of drug-likeness (QED) is 0.397. The molecule has 0 fully saturated rings. The summed E-state index contributed by atoms with van der Waals surface area (Å²) in [4.78, 5) is 24.4. The molecule has 0 saturated carbocycles. The van der Waals surface area contributed by atoms with Gasteiger partial charge in [-0.2, -0.15) is 0 Å². The summed E-state index contributed by atoms with van der Waals surface area (Å²) in [7, 11) is -3.89. The first-order valence-electron chi connectivity index (χ1n) is 9.80. The van der Waals surface area contributed by atoms with Crippen LogP contribution in [-0.2, 0) is 14.8 Å². The molecule has 0 spiro atoms. The van der Waals surface area contributed by atoms with Crippen LogP contribution in [0.3, 0.4) is 0 Å². The van der Waals surface area contributed by atoms with E-state index in [1.165, 1.54) is 42.5 Å². The van der Waals surface area contributed by atoms with Gasteiger partial charge < -0.3 is 14.2 Å². The SMILES string of the molecule is O=C(COC(=O)c1ccc(NS(=O)(=O)c2ccc3c(c2)OCCO3)cc1)c1ccc(Cl)cc1. The van der Waals surface area contributed by atoms with Crippen molar-refractivity contribution in [3.63, 3.8) is 0 Å². The number of benzene rings is 3. The maximum atomic E-state index is 12.7. The number of Topliss-reactive ketones (excluding diaryl/α,β-unsaturated/α-hetero) is 1. The highest BCUT2D eigenvalue weighted by atomic mass is 35.5. The largest absolute Gasteiger partial charge is 0.486 e. The maximum Gasteiger partial charge on any atom is 0.338 e. The lowest BCUT2D eigenvalue weighted by Crippen LogP contribution is -2.17. The van der Waals surface area contributed by atoms with Gasteiger partial charge in [0.1, 0.15) is 13.2 Å². The molecule has 1 heterocycles. The molecule has 0 unspecified atom stereocenters. The number of halogens is 1. The van der Waals surface area contributed by atoms with E-state index in [4.69, 9.17) is 25.8 Å². The van der Waals surface area contributed by atoms with Crippen molar-refractivity contribution in [1.29, 1.82) is 0 Å². The standard InChI is InChI=1S/C23H18ClNO7S/c24-17-5-1-15(2-6-17)20(26)14-32-23(27)16-3-7-18(8-4-16)25-33(28,29)19-9-10-21-22(13-19)31-12-11-30-21/h1-10,13,25H,11-12,14H2. The van der Waals surface area contributed by atoms with Crippen LogP contribution >= 0.6 is 11.6 Å². The van der Waals surface area contributed by atoms with Gasteiger partial charge in [-0.3, -0.25) is 9.52 Å². The van der Waals surface area contributed by atoms with E-state index in [-0.39, 0.29) is 21.9 Å². The summed E-state index contributed by atoms with van der Waals surface area (Å²) in [6.45, 7) is 0.313. The summed E-state index contributed by atoms with van der Waals surface area (Å²) >= 11 is 5.79. The minimum atomic E-state index is -3.89. The summed E-state index contributed by atoms with van der Waals surface area (Å²) in [5.41, 5.74) is 0.788. The Bertz CT molecular complexity index is 1290. The van der Waals surface area contributed by atoms with E-state index in [9.17, 15) is 18.0 Å². The van der Waals surface area contributed by atoms with Crippen molar-refractivity contribution in [3.8, 4) is 11.5 Å². The van der Waals surface area contributed by atoms with E-state index in [0.717, 1.165) is 0 Å². The number of hydrogen-bond acceptors (Lipinski definition) is 7. The zero-order chi connectivity index (χ0) is 23.4. The molecule has 1 aliphatic rings. The van der Waals surface area contributed by atoms with Gasteiger partial charge in [-0.1, -0.05) is 11.6 Å². The molecule has 3 aromatic rings.